The Labute approximate surface area is 240 Å². The summed E-state index contributed by atoms with van der Waals surface area (Å²) in [6, 6.07) is 14.2. The number of rotatable bonds is 18. The van der Waals surface area contributed by atoms with Crippen LogP contribution in [0.4, 0.5) is 0 Å². The first-order valence-corrected chi connectivity index (χ1v) is 16.2. The maximum absolute atomic E-state index is 11.9. The van der Waals surface area contributed by atoms with E-state index in [9.17, 15) is 5.53 Å². The van der Waals surface area contributed by atoms with Gasteiger partial charge in [-0.05, 0) is 111 Å². The summed E-state index contributed by atoms with van der Waals surface area (Å²) in [6.45, 7) is 11.3. The molecule has 0 atom stereocenters. The molecule has 0 unspecified atom stereocenters. The minimum absolute atomic E-state index is 0.946. The molecule has 0 amide bonds. The number of hydrogen-bond acceptors (Lipinski definition) is 0. The van der Waals surface area contributed by atoms with Crippen molar-refractivity contribution >= 4 is 11.4 Å². The molecule has 1 aliphatic rings. The van der Waals surface area contributed by atoms with E-state index in [0.29, 0.717) is 0 Å². The Kier molecular flexibility index (Phi) is 13.2. The summed E-state index contributed by atoms with van der Waals surface area (Å²) in [5, 5.41) is 0. The van der Waals surface area contributed by atoms with Gasteiger partial charge in [0.2, 0.25) is 11.4 Å². The molecule has 0 aromatic heterocycles. The Balaban J connectivity index is 2.05. The van der Waals surface area contributed by atoms with Crippen LogP contribution >= 0.6 is 0 Å². The van der Waals surface area contributed by atoms with Crippen LogP contribution in [0.25, 0.3) is 16.9 Å². The van der Waals surface area contributed by atoms with Crippen LogP contribution in [0.5, 0.6) is 0 Å². The molecule has 2 heteroatoms. The van der Waals surface area contributed by atoms with Crippen molar-refractivity contribution in [2.24, 2.45) is 0 Å². The molecule has 212 valence electrons. The first-order valence-electron chi connectivity index (χ1n) is 16.2. The summed E-state index contributed by atoms with van der Waals surface area (Å²) in [5.41, 5.74) is 23.1. The molecule has 0 saturated carbocycles. The van der Waals surface area contributed by atoms with Crippen LogP contribution in [-0.4, -0.2) is 4.70 Å². The van der Waals surface area contributed by atoms with Gasteiger partial charge in [-0.25, -0.2) is 4.70 Å². The minimum Gasteiger partial charge on any atom is -0.493 e. The predicted octanol–water partition coefficient (Wildman–Crippen LogP) is 11.4. The van der Waals surface area contributed by atoms with Crippen LogP contribution < -0.4 is 0 Å². The van der Waals surface area contributed by atoms with Crippen molar-refractivity contribution in [2.45, 2.75) is 137 Å². The maximum atomic E-state index is 11.9. The largest absolute Gasteiger partial charge is 0.493 e. The molecule has 0 bridgehead atoms. The Hall–Kier alpha value is -2.48. The molecule has 0 radical (unpaired) electrons. The number of nitrogens with zero attached hydrogens (tertiary/aromatic N) is 2. The van der Waals surface area contributed by atoms with E-state index in [1.807, 2.05) is 0 Å². The first kappa shape index (κ1) is 31.1. The number of unbranched alkanes of at least 4 members (excludes halogenated alkanes) is 6. The van der Waals surface area contributed by atoms with Gasteiger partial charge in [-0.2, -0.15) is 0 Å². The predicted molar refractivity (Wildman–Crippen MR) is 170 cm³/mol. The summed E-state index contributed by atoms with van der Waals surface area (Å²) < 4.78 is 1.53. The number of allylic oxidation sites excluding steroid dienone is 2. The van der Waals surface area contributed by atoms with Gasteiger partial charge in [0.15, 0.2) is 0 Å². The molecule has 3 rings (SSSR count). The van der Waals surface area contributed by atoms with Gasteiger partial charge in [-0.1, -0.05) is 85.3 Å². The topological polar surface area (TPSA) is 25.3 Å². The first-order chi connectivity index (χ1) is 19.0. The SMILES string of the molecule is CCCCCC1=C(c2cc(CCCC)cc(CCCC)c2)[N+](=[N-])C(c2cc(CCCC)cc(CCCC)c2)=C1. The van der Waals surface area contributed by atoms with Crippen molar-refractivity contribution in [1.29, 1.82) is 0 Å². The second-order valence-electron chi connectivity index (χ2n) is 11.7. The third-order valence-electron chi connectivity index (χ3n) is 8.06. The van der Waals surface area contributed by atoms with Crippen LogP contribution in [0.2, 0.25) is 0 Å². The number of benzene rings is 2. The molecule has 2 aromatic carbocycles. The fourth-order valence-electron chi connectivity index (χ4n) is 5.73. The monoisotopic (exact) mass is 526 g/mol. The molecule has 0 fully saturated rings. The van der Waals surface area contributed by atoms with Crippen LogP contribution in [-0.2, 0) is 25.7 Å². The Morgan fingerprint density at radius 2 is 0.897 bits per heavy atom. The van der Waals surface area contributed by atoms with Gasteiger partial charge in [-0.15, -0.1) is 0 Å². The number of aryl methyl sites for hydroxylation is 4. The second kappa shape index (κ2) is 16.6. The average Bonchev–Trinajstić information content (AvgIpc) is 3.28. The molecule has 2 nitrogen and oxygen atoms in total. The quantitative estimate of drug-likeness (QED) is 0.136. The van der Waals surface area contributed by atoms with Crippen molar-refractivity contribution in [1.82, 2.24) is 0 Å². The summed E-state index contributed by atoms with van der Waals surface area (Å²) in [5.74, 6) is 0. The summed E-state index contributed by atoms with van der Waals surface area (Å²) in [7, 11) is 0. The van der Waals surface area contributed by atoms with Crippen molar-refractivity contribution in [3.63, 3.8) is 0 Å². The molecule has 1 heterocycles. The third-order valence-corrected chi connectivity index (χ3v) is 8.06. The highest BCUT2D eigenvalue weighted by atomic mass is 15.2. The summed E-state index contributed by atoms with van der Waals surface area (Å²) in [6.07, 6.45) is 20.9. The standard InChI is InChI=1S/C37H54N2/c1-6-11-16-21-33-28-36(34-24-29(17-12-7-2)22-30(25-34)18-13-8-3)39(38)37(33)35-26-31(19-14-9-4)23-32(27-35)20-15-10-5/h22-28H,6-21H2,1-5H3. The van der Waals surface area contributed by atoms with E-state index in [2.05, 4.69) is 77.1 Å². The highest BCUT2D eigenvalue weighted by Gasteiger charge is 2.29. The highest BCUT2D eigenvalue weighted by Crippen LogP contribution is 2.39. The van der Waals surface area contributed by atoms with Gasteiger partial charge >= 0.3 is 0 Å². The smallest absolute Gasteiger partial charge is 0.210 e. The zero-order valence-corrected chi connectivity index (χ0v) is 25.7. The van der Waals surface area contributed by atoms with E-state index in [0.717, 1.165) is 55.5 Å². The lowest BCUT2D eigenvalue weighted by atomic mass is 9.95. The van der Waals surface area contributed by atoms with Gasteiger partial charge < -0.3 is 5.53 Å². The van der Waals surface area contributed by atoms with E-state index in [-0.39, 0.29) is 0 Å². The fourth-order valence-corrected chi connectivity index (χ4v) is 5.73. The molecule has 0 N–H and O–H groups in total. The van der Waals surface area contributed by atoms with Gasteiger partial charge in [0, 0.05) is 22.8 Å². The zero-order chi connectivity index (χ0) is 28.0. The Morgan fingerprint density at radius 1 is 0.487 bits per heavy atom. The number of hydrogen-bond donors (Lipinski definition) is 0. The average molecular weight is 527 g/mol. The van der Waals surface area contributed by atoms with Crippen LogP contribution in [0, 0.1) is 0 Å². The van der Waals surface area contributed by atoms with Gasteiger partial charge in [0.1, 0.15) is 0 Å². The molecular weight excluding hydrogens is 472 g/mol. The lowest BCUT2D eigenvalue weighted by molar-refractivity contribution is -0.344. The van der Waals surface area contributed by atoms with E-state index >= 15 is 0 Å². The molecule has 0 aliphatic carbocycles. The molecule has 0 spiro atoms. The van der Waals surface area contributed by atoms with Crippen molar-refractivity contribution in [3.05, 3.63) is 87.0 Å². The maximum Gasteiger partial charge on any atom is 0.210 e. The van der Waals surface area contributed by atoms with Crippen molar-refractivity contribution in [3.8, 4) is 0 Å². The normalized spacial score (nSPS) is 13.5. The molecule has 0 saturated heterocycles. The summed E-state index contributed by atoms with van der Waals surface area (Å²) in [4.78, 5) is 0. The molecule has 39 heavy (non-hydrogen) atoms. The third kappa shape index (κ3) is 9.02. The molecule has 2 aromatic rings. The second-order valence-corrected chi connectivity index (χ2v) is 11.7. The van der Waals surface area contributed by atoms with E-state index in [4.69, 9.17) is 0 Å². The zero-order valence-electron chi connectivity index (χ0n) is 25.7. The highest BCUT2D eigenvalue weighted by molar-refractivity contribution is 5.79. The lowest BCUT2D eigenvalue weighted by Crippen LogP contribution is -2.05. The van der Waals surface area contributed by atoms with E-state index in [1.54, 1.807) is 0 Å². The van der Waals surface area contributed by atoms with Gasteiger partial charge in [-0.3, -0.25) is 0 Å². The minimum atomic E-state index is 0.946. The van der Waals surface area contributed by atoms with Gasteiger partial charge in [0.05, 0.1) is 0 Å². The van der Waals surface area contributed by atoms with Gasteiger partial charge in [0.25, 0.3) is 0 Å². The van der Waals surface area contributed by atoms with Crippen molar-refractivity contribution < 1.29 is 4.70 Å². The van der Waals surface area contributed by atoms with Crippen LogP contribution in [0.1, 0.15) is 145 Å². The Morgan fingerprint density at radius 3 is 1.31 bits per heavy atom. The summed E-state index contributed by atoms with van der Waals surface area (Å²) >= 11 is 0. The van der Waals surface area contributed by atoms with Crippen molar-refractivity contribution in [2.75, 3.05) is 0 Å². The lowest BCUT2D eigenvalue weighted by Gasteiger charge is -2.14. The van der Waals surface area contributed by atoms with Crippen LogP contribution in [0.15, 0.2) is 48.0 Å². The molecule has 1 aliphatic heterocycles. The molecular formula is C37H54N2. The fraction of sp³-hybridized carbons (Fsp3) is 0.568. The van der Waals surface area contributed by atoms with E-state index < -0.39 is 0 Å². The Bertz CT molecular complexity index is 1080. The van der Waals surface area contributed by atoms with Crippen LogP contribution in [0.3, 0.4) is 0 Å². The van der Waals surface area contributed by atoms with E-state index in [1.165, 1.54) is 102 Å².